The van der Waals surface area contributed by atoms with Crippen molar-refractivity contribution in [1.82, 2.24) is 10.2 Å². The van der Waals surface area contributed by atoms with Crippen LogP contribution >= 0.6 is 0 Å². The number of nitriles is 1. The van der Waals surface area contributed by atoms with Gasteiger partial charge in [-0.1, -0.05) is 19.8 Å². The summed E-state index contributed by atoms with van der Waals surface area (Å²) in [5.41, 5.74) is -0.324. The van der Waals surface area contributed by atoms with E-state index in [2.05, 4.69) is 44.1 Å². The topological polar surface area (TPSA) is 39.1 Å². The van der Waals surface area contributed by atoms with Crippen LogP contribution in [0.15, 0.2) is 0 Å². The summed E-state index contributed by atoms with van der Waals surface area (Å²) in [6.07, 6.45) is 6.18. The Hall–Kier alpha value is -0.590. The zero-order chi connectivity index (χ0) is 13.6. The lowest BCUT2D eigenvalue weighted by molar-refractivity contribution is 0.215. The zero-order valence-electron chi connectivity index (χ0n) is 12.5. The van der Waals surface area contributed by atoms with E-state index in [-0.39, 0.29) is 5.54 Å². The monoisotopic (exact) mass is 251 g/mol. The number of unbranched alkanes of at least 4 members (excludes halogenated alkanes) is 2. The minimum atomic E-state index is -0.324. The summed E-state index contributed by atoms with van der Waals surface area (Å²) >= 11 is 0. The molecule has 1 N–H and O–H groups in total. The first-order valence-corrected chi connectivity index (χ1v) is 7.41. The first-order valence-electron chi connectivity index (χ1n) is 7.41. The van der Waals surface area contributed by atoms with Gasteiger partial charge in [-0.15, -0.1) is 0 Å². The Morgan fingerprint density at radius 2 is 2.06 bits per heavy atom. The summed E-state index contributed by atoms with van der Waals surface area (Å²) in [6.45, 7) is 8.45. The van der Waals surface area contributed by atoms with Crippen molar-refractivity contribution in [2.75, 3.05) is 20.1 Å². The molecule has 0 aromatic heterocycles. The molecule has 0 heterocycles. The normalized spacial score (nSPS) is 18.9. The van der Waals surface area contributed by atoms with Gasteiger partial charge in [-0.25, -0.2) is 0 Å². The molecule has 3 heteroatoms. The highest BCUT2D eigenvalue weighted by Gasteiger charge is 2.46. The van der Waals surface area contributed by atoms with E-state index in [1.165, 1.54) is 32.1 Å². The molecule has 1 aliphatic carbocycles. The lowest BCUT2D eigenvalue weighted by atomic mass is 9.93. The maximum atomic E-state index is 9.62. The van der Waals surface area contributed by atoms with Crippen LogP contribution in [0.5, 0.6) is 0 Å². The van der Waals surface area contributed by atoms with E-state index in [4.69, 9.17) is 0 Å². The Kier molecular flexibility index (Phi) is 6.11. The Morgan fingerprint density at radius 3 is 2.50 bits per heavy atom. The van der Waals surface area contributed by atoms with Gasteiger partial charge in [0, 0.05) is 12.6 Å². The molecule has 1 saturated carbocycles. The summed E-state index contributed by atoms with van der Waals surface area (Å²) in [5, 5.41) is 13.1. The lowest BCUT2D eigenvalue weighted by Crippen LogP contribution is -2.56. The molecule has 1 fully saturated rings. The minimum absolute atomic E-state index is 0.324. The van der Waals surface area contributed by atoms with Crippen LogP contribution in [0.2, 0.25) is 0 Å². The summed E-state index contributed by atoms with van der Waals surface area (Å²) < 4.78 is 0. The van der Waals surface area contributed by atoms with Gasteiger partial charge in [-0.05, 0) is 52.6 Å². The van der Waals surface area contributed by atoms with Gasteiger partial charge >= 0.3 is 0 Å². The van der Waals surface area contributed by atoms with Gasteiger partial charge in [-0.3, -0.25) is 5.32 Å². The molecule has 0 bridgehead atoms. The number of hydrogen-bond donors (Lipinski definition) is 1. The Morgan fingerprint density at radius 1 is 1.39 bits per heavy atom. The van der Waals surface area contributed by atoms with Crippen LogP contribution in [-0.4, -0.2) is 36.6 Å². The fourth-order valence-corrected chi connectivity index (χ4v) is 2.68. The molecule has 0 amide bonds. The number of likely N-dealkylation sites (N-methyl/N-ethyl adjacent to an activating group) is 1. The molecule has 0 saturated heterocycles. The van der Waals surface area contributed by atoms with E-state index in [1.807, 2.05) is 0 Å². The third-order valence-corrected chi connectivity index (χ3v) is 3.68. The minimum Gasteiger partial charge on any atom is -0.303 e. The standard InChI is InChI=1S/C15H29N3/c1-5-6-7-10-18(4)12-15(11-16,14-8-9-14)17-13(2)3/h13-14,17H,5-10,12H2,1-4H3. The first-order chi connectivity index (χ1) is 8.54. The molecule has 3 nitrogen and oxygen atoms in total. The van der Waals surface area contributed by atoms with Crippen LogP contribution in [0.1, 0.15) is 52.9 Å². The van der Waals surface area contributed by atoms with Crippen LogP contribution in [0.4, 0.5) is 0 Å². The highest BCUT2D eigenvalue weighted by molar-refractivity contribution is 5.17. The second-order valence-corrected chi connectivity index (χ2v) is 6.10. The molecule has 0 spiro atoms. The zero-order valence-corrected chi connectivity index (χ0v) is 12.5. The molecular weight excluding hydrogens is 222 g/mol. The molecule has 0 aliphatic heterocycles. The van der Waals surface area contributed by atoms with E-state index < -0.39 is 0 Å². The smallest absolute Gasteiger partial charge is 0.122 e. The van der Waals surface area contributed by atoms with Crippen molar-refractivity contribution >= 4 is 0 Å². The molecular formula is C15H29N3. The van der Waals surface area contributed by atoms with Crippen LogP contribution < -0.4 is 5.32 Å². The molecule has 1 aliphatic rings. The average Bonchev–Trinajstić information content (AvgIpc) is 3.11. The highest BCUT2D eigenvalue weighted by Crippen LogP contribution is 2.40. The maximum absolute atomic E-state index is 9.62. The predicted molar refractivity (Wildman–Crippen MR) is 76.4 cm³/mol. The molecule has 1 unspecified atom stereocenters. The fraction of sp³-hybridized carbons (Fsp3) is 0.933. The van der Waals surface area contributed by atoms with Gasteiger partial charge in [0.15, 0.2) is 0 Å². The predicted octanol–water partition coefficient (Wildman–Crippen LogP) is 2.78. The van der Waals surface area contributed by atoms with Gasteiger partial charge in [0.2, 0.25) is 0 Å². The Bertz CT molecular complexity index is 278. The first kappa shape index (κ1) is 15.5. The van der Waals surface area contributed by atoms with E-state index in [9.17, 15) is 5.26 Å². The van der Waals surface area contributed by atoms with E-state index in [0.717, 1.165) is 13.1 Å². The van der Waals surface area contributed by atoms with Crippen molar-refractivity contribution in [3.63, 3.8) is 0 Å². The van der Waals surface area contributed by atoms with Gasteiger partial charge in [0.05, 0.1) is 6.07 Å². The molecule has 0 radical (unpaired) electrons. The van der Waals surface area contributed by atoms with Gasteiger partial charge in [-0.2, -0.15) is 5.26 Å². The summed E-state index contributed by atoms with van der Waals surface area (Å²) in [6, 6.07) is 2.95. The third kappa shape index (κ3) is 4.59. The number of nitrogens with one attached hydrogen (secondary N) is 1. The second-order valence-electron chi connectivity index (χ2n) is 6.10. The van der Waals surface area contributed by atoms with Crippen molar-refractivity contribution in [3.05, 3.63) is 0 Å². The number of nitrogens with zero attached hydrogens (tertiary/aromatic N) is 2. The third-order valence-electron chi connectivity index (χ3n) is 3.68. The molecule has 104 valence electrons. The fourth-order valence-electron chi connectivity index (χ4n) is 2.68. The molecule has 0 aromatic rings. The molecule has 1 atom stereocenters. The van der Waals surface area contributed by atoms with Gasteiger partial charge < -0.3 is 4.90 Å². The molecule has 1 rings (SSSR count). The lowest BCUT2D eigenvalue weighted by Gasteiger charge is -2.34. The van der Waals surface area contributed by atoms with Crippen LogP contribution in [-0.2, 0) is 0 Å². The van der Waals surface area contributed by atoms with E-state index in [0.29, 0.717) is 12.0 Å². The summed E-state index contributed by atoms with van der Waals surface area (Å²) in [7, 11) is 2.14. The van der Waals surface area contributed by atoms with Crippen LogP contribution in [0.25, 0.3) is 0 Å². The van der Waals surface area contributed by atoms with Crippen molar-refractivity contribution in [2.45, 2.75) is 64.5 Å². The summed E-state index contributed by atoms with van der Waals surface area (Å²) in [4.78, 5) is 2.33. The molecule has 18 heavy (non-hydrogen) atoms. The highest BCUT2D eigenvalue weighted by atomic mass is 15.2. The quantitative estimate of drug-likeness (QED) is 0.640. The van der Waals surface area contributed by atoms with Crippen molar-refractivity contribution in [1.29, 1.82) is 5.26 Å². The van der Waals surface area contributed by atoms with E-state index >= 15 is 0 Å². The van der Waals surface area contributed by atoms with Crippen molar-refractivity contribution in [2.24, 2.45) is 5.92 Å². The number of rotatable bonds is 9. The average molecular weight is 251 g/mol. The van der Waals surface area contributed by atoms with Gasteiger partial charge in [0.1, 0.15) is 5.54 Å². The SMILES string of the molecule is CCCCCN(C)CC(C#N)(NC(C)C)C1CC1. The molecule has 0 aromatic carbocycles. The van der Waals surface area contributed by atoms with Crippen molar-refractivity contribution < 1.29 is 0 Å². The van der Waals surface area contributed by atoms with Crippen LogP contribution in [0, 0.1) is 17.2 Å². The summed E-state index contributed by atoms with van der Waals surface area (Å²) in [5.74, 6) is 0.554. The Labute approximate surface area is 113 Å². The van der Waals surface area contributed by atoms with Crippen molar-refractivity contribution in [3.8, 4) is 6.07 Å². The van der Waals surface area contributed by atoms with E-state index in [1.54, 1.807) is 0 Å². The second kappa shape index (κ2) is 7.11. The Balaban J connectivity index is 2.52. The maximum Gasteiger partial charge on any atom is 0.122 e. The van der Waals surface area contributed by atoms with Crippen LogP contribution in [0.3, 0.4) is 0 Å². The number of hydrogen-bond acceptors (Lipinski definition) is 3. The van der Waals surface area contributed by atoms with Gasteiger partial charge in [0.25, 0.3) is 0 Å². The largest absolute Gasteiger partial charge is 0.303 e.